The molecular formula is C14H13ClFN3O. The van der Waals surface area contributed by atoms with Crippen LogP contribution < -0.4 is 5.73 Å². The van der Waals surface area contributed by atoms with Gasteiger partial charge in [-0.15, -0.1) is 0 Å². The van der Waals surface area contributed by atoms with Crippen molar-refractivity contribution in [3.8, 4) is 0 Å². The van der Waals surface area contributed by atoms with E-state index in [2.05, 4.69) is 4.98 Å². The van der Waals surface area contributed by atoms with E-state index < -0.39 is 0 Å². The summed E-state index contributed by atoms with van der Waals surface area (Å²) < 4.78 is 13.1. The van der Waals surface area contributed by atoms with Gasteiger partial charge in [-0.1, -0.05) is 23.7 Å². The first-order valence-electron chi connectivity index (χ1n) is 5.88. The summed E-state index contributed by atoms with van der Waals surface area (Å²) >= 11 is 5.76. The van der Waals surface area contributed by atoms with Crippen molar-refractivity contribution >= 4 is 23.2 Å². The van der Waals surface area contributed by atoms with E-state index in [0.717, 1.165) is 0 Å². The second-order valence-corrected chi connectivity index (χ2v) is 4.77. The number of benzene rings is 1. The lowest BCUT2D eigenvalue weighted by Gasteiger charge is -2.18. The molecule has 2 rings (SSSR count). The monoisotopic (exact) mass is 293 g/mol. The molecule has 104 valence electrons. The zero-order valence-corrected chi connectivity index (χ0v) is 11.6. The number of hydrogen-bond acceptors (Lipinski definition) is 3. The Bertz CT molecular complexity index is 648. The first-order chi connectivity index (χ1) is 9.47. The van der Waals surface area contributed by atoms with Crippen LogP contribution in [0.1, 0.15) is 15.9 Å². The van der Waals surface area contributed by atoms with Crippen LogP contribution in [0.5, 0.6) is 0 Å². The third-order valence-electron chi connectivity index (χ3n) is 2.79. The fourth-order valence-corrected chi connectivity index (χ4v) is 1.97. The molecule has 0 aliphatic carbocycles. The molecule has 1 aromatic carbocycles. The molecule has 1 amide bonds. The molecule has 4 nitrogen and oxygen atoms in total. The van der Waals surface area contributed by atoms with Crippen LogP contribution in [0.3, 0.4) is 0 Å². The largest absolute Gasteiger partial charge is 0.397 e. The van der Waals surface area contributed by atoms with Gasteiger partial charge in [-0.05, 0) is 23.8 Å². The molecule has 0 spiro atoms. The molecule has 0 unspecified atom stereocenters. The number of amides is 1. The molecule has 0 aliphatic rings. The molecule has 2 aromatic rings. The van der Waals surface area contributed by atoms with E-state index in [0.29, 0.717) is 5.56 Å². The molecule has 0 atom stereocenters. The lowest BCUT2D eigenvalue weighted by Crippen LogP contribution is -2.27. The van der Waals surface area contributed by atoms with Crippen molar-refractivity contribution < 1.29 is 9.18 Å². The number of pyridine rings is 1. The van der Waals surface area contributed by atoms with Crippen molar-refractivity contribution in [2.75, 3.05) is 12.8 Å². The Hall–Kier alpha value is -2.14. The maximum atomic E-state index is 13.1. The number of nitrogens with zero attached hydrogens (tertiary/aromatic N) is 2. The van der Waals surface area contributed by atoms with Gasteiger partial charge in [0.05, 0.1) is 17.4 Å². The van der Waals surface area contributed by atoms with Gasteiger partial charge in [0.2, 0.25) is 0 Å². The van der Waals surface area contributed by atoms with Gasteiger partial charge < -0.3 is 10.6 Å². The Balaban J connectivity index is 2.18. The lowest BCUT2D eigenvalue weighted by molar-refractivity contribution is 0.0786. The highest BCUT2D eigenvalue weighted by Crippen LogP contribution is 2.18. The SMILES string of the molecule is CN(Cc1cccc(F)c1)C(=O)c1cc(Cl)ncc1N. The van der Waals surface area contributed by atoms with E-state index in [4.69, 9.17) is 17.3 Å². The van der Waals surface area contributed by atoms with E-state index in [9.17, 15) is 9.18 Å². The van der Waals surface area contributed by atoms with Crippen LogP contribution in [-0.2, 0) is 6.54 Å². The van der Waals surface area contributed by atoms with E-state index in [-0.39, 0.29) is 34.7 Å². The molecule has 0 radical (unpaired) electrons. The number of carbonyl (C=O) groups excluding carboxylic acids is 1. The van der Waals surface area contributed by atoms with Gasteiger partial charge in [-0.2, -0.15) is 0 Å². The minimum absolute atomic E-state index is 0.196. The van der Waals surface area contributed by atoms with Crippen molar-refractivity contribution in [3.63, 3.8) is 0 Å². The fraction of sp³-hybridized carbons (Fsp3) is 0.143. The Morgan fingerprint density at radius 1 is 1.45 bits per heavy atom. The molecule has 2 N–H and O–H groups in total. The molecule has 20 heavy (non-hydrogen) atoms. The van der Waals surface area contributed by atoms with Gasteiger partial charge in [-0.3, -0.25) is 4.79 Å². The van der Waals surface area contributed by atoms with Gasteiger partial charge in [-0.25, -0.2) is 9.37 Å². The number of nitrogen functional groups attached to an aromatic ring is 1. The molecule has 1 aromatic heterocycles. The lowest BCUT2D eigenvalue weighted by atomic mass is 10.1. The van der Waals surface area contributed by atoms with Crippen molar-refractivity contribution in [2.45, 2.75) is 6.54 Å². The topological polar surface area (TPSA) is 59.2 Å². The minimum atomic E-state index is -0.338. The second-order valence-electron chi connectivity index (χ2n) is 4.39. The number of aromatic nitrogens is 1. The molecule has 6 heteroatoms. The molecule has 0 saturated heterocycles. The van der Waals surface area contributed by atoms with Crippen molar-refractivity contribution in [1.29, 1.82) is 0 Å². The molecular weight excluding hydrogens is 281 g/mol. The van der Waals surface area contributed by atoms with E-state index in [1.807, 2.05) is 0 Å². The summed E-state index contributed by atoms with van der Waals surface area (Å²) in [5, 5.41) is 0.196. The number of hydrogen-bond donors (Lipinski definition) is 1. The zero-order chi connectivity index (χ0) is 14.7. The van der Waals surface area contributed by atoms with Crippen LogP contribution in [0.4, 0.5) is 10.1 Å². The number of nitrogens with two attached hydrogens (primary N) is 1. The van der Waals surface area contributed by atoms with Gasteiger partial charge in [0.25, 0.3) is 5.91 Å². The highest BCUT2D eigenvalue weighted by Gasteiger charge is 2.16. The fourth-order valence-electron chi connectivity index (χ4n) is 1.81. The van der Waals surface area contributed by atoms with Crippen molar-refractivity contribution in [1.82, 2.24) is 9.88 Å². The van der Waals surface area contributed by atoms with Crippen LogP contribution in [0.25, 0.3) is 0 Å². The van der Waals surface area contributed by atoms with Crippen LogP contribution in [0.2, 0.25) is 5.15 Å². The molecule has 0 fully saturated rings. The van der Waals surface area contributed by atoms with Gasteiger partial charge in [0.15, 0.2) is 0 Å². The summed E-state index contributed by atoms with van der Waals surface area (Å²) in [4.78, 5) is 17.5. The summed E-state index contributed by atoms with van der Waals surface area (Å²) in [5.74, 6) is -0.633. The summed E-state index contributed by atoms with van der Waals surface area (Å²) in [5.41, 5.74) is 6.95. The first kappa shape index (κ1) is 14.3. The third kappa shape index (κ3) is 3.24. The van der Waals surface area contributed by atoms with Crippen LogP contribution in [0.15, 0.2) is 36.5 Å². The Labute approximate surface area is 121 Å². The molecule has 1 heterocycles. The summed E-state index contributed by atoms with van der Waals surface area (Å²) in [6.07, 6.45) is 1.34. The quantitative estimate of drug-likeness (QED) is 0.885. The number of anilines is 1. The summed E-state index contributed by atoms with van der Waals surface area (Å²) in [6, 6.07) is 7.50. The minimum Gasteiger partial charge on any atom is -0.397 e. The first-order valence-corrected chi connectivity index (χ1v) is 6.26. The number of halogens is 2. The maximum Gasteiger partial charge on any atom is 0.256 e. The van der Waals surface area contributed by atoms with Crippen molar-refractivity contribution in [3.05, 3.63) is 58.6 Å². The molecule has 0 bridgehead atoms. The van der Waals surface area contributed by atoms with Gasteiger partial charge in [0, 0.05) is 13.6 Å². The average molecular weight is 294 g/mol. The van der Waals surface area contributed by atoms with E-state index in [1.54, 1.807) is 19.2 Å². The van der Waals surface area contributed by atoms with Crippen molar-refractivity contribution in [2.24, 2.45) is 0 Å². The summed E-state index contributed by atoms with van der Waals surface area (Å²) in [7, 11) is 1.61. The Morgan fingerprint density at radius 2 is 2.20 bits per heavy atom. The Morgan fingerprint density at radius 3 is 2.90 bits per heavy atom. The Kier molecular flexibility index (Phi) is 4.20. The molecule has 0 saturated carbocycles. The van der Waals surface area contributed by atoms with Crippen LogP contribution in [-0.4, -0.2) is 22.8 Å². The zero-order valence-electron chi connectivity index (χ0n) is 10.8. The smallest absolute Gasteiger partial charge is 0.256 e. The predicted molar refractivity (Wildman–Crippen MR) is 75.9 cm³/mol. The van der Waals surface area contributed by atoms with Gasteiger partial charge >= 0.3 is 0 Å². The standard InChI is InChI=1S/C14H13ClFN3O/c1-19(8-9-3-2-4-10(16)5-9)14(20)11-6-13(15)18-7-12(11)17/h2-7H,8,17H2,1H3. The highest BCUT2D eigenvalue weighted by atomic mass is 35.5. The van der Waals surface area contributed by atoms with Crippen LogP contribution in [0, 0.1) is 5.82 Å². The predicted octanol–water partition coefficient (Wildman–Crippen LogP) is 2.73. The number of carbonyl (C=O) groups is 1. The normalized spacial score (nSPS) is 10.3. The average Bonchev–Trinajstić information content (AvgIpc) is 2.40. The number of rotatable bonds is 3. The maximum absolute atomic E-state index is 13.1. The third-order valence-corrected chi connectivity index (χ3v) is 2.99. The van der Waals surface area contributed by atoms with Gasteiger partial charge in [0.1, 0.15) is 11.0 Å². The van der Waals surface area contributed by atoms with Crippen LogP contribution >= 0.6 is 11.6 Å². The highest BCUT2D eigenvalue weighted by molar-refractivity contribution is 6.29. The van der Waals surface area contributed by atoms with E-state index >= 15 is 0 Å². The van der Waals surface area contributed by atoms with E-state index in [1.165, 1.54) is 29.3 Å². The molecule has 0 aliphatic heterocycles. The summed E-state index contributed by atoms with van der Waals surface area (Å²) in [6.45, 7) is 0.274. The second kappa shape index (κ2) is 5.88.